The van der Waals surface area contributed by atoms with Gasteiger partial charge in [0.05, 0.1) is 5.25 Å². The van der Waals surface area contributed by atoms with Gasteiger partial charge in [0.25, 0.3) is 0 Å². The summed E-state index contributed by atoms with van der Waals surface area (Å²) in [6.07, 6.45) is 2.70. The lowest BCUT2D eigenvalue weighted by molar-refractivity contribution is 0.230. The first-order chi connectivity index (χ1) is 6.92. The maximum atomic E-state index is 12.2. The van der Waals surface area contributed by atoms with Gasteiger partial charge in [-0.15, -0.1) is 0 Å². The van der Waals surface area contributed by atoms with Crippen LogP contribution < -0.4 is 0 Å². The Morgan fingerprint density at radius 1 is 1.33 bits per heavy atom. The molecule has 2 rings (SSSR count). The molecule has 1 saturated carbocycles. The monoisotopic (exact) mass is 229 g/mol. The molecule has 3 nitrogen and oxygen atoms in total. The summed E-state index contributed by atoms with van der Waals surface area (Å²) in [5.41, 5.74) is 0.849. The molecule has 1 aliphatic carbocycles. The molecule has 1 aliphatic heterocycles. The Morgan fingerprint density at radius 2 is 1.87 bits per heavy atom. The highest BCUT2D eigenvalue weighted by Gasteiger charge is 2.58. The zero-order valence-corrected chi connectivity index (χ0v) is 10.3. The molecule has 0 bridgehead atoms. The molecule has 0 radical (unpaired) electrons. The molecule has 0 atom stereocenters. The fraction of sp³-hybridized carbons (Fsp3) is 0.818. The highest BCUT2D eigenvalue weighted by Crippen LogP contribution is 2.52. The van der Waals surface area contributed by atoms with Crippen molar-refractivity contribution in [1.82, 2.24) is 4.90 Å². The Bertz CT molecular complexity index is 375. The van der Waals surface area contributed by atoms with Crippen LogP contribution in [0.3, 0.4) is 0 Å². The number of rotatable bonds is 4. The van der Waals surface area contributed by atoms with E-state index in [9.17, 15) is 8.42 Å². The quantitative estimate of drug-likeness (QED) is 0.734. The van der Waals surface area contributed by atoms with Gasteiger partial charge in [-0.1, -0.05) is 6.58 Å². The van der Waals surface area contributed by atoms with E-state index in [4.69, 9.17) is 0 Å². The molecule has 0 amide bonds. The van der Waals surface area contributed by atoms with Crippen LogP contribution in [0.1, 0.15) is 33.1 Å². The molecular weight excluding hydrogens is 210 g/mol. The van der Waals surface area contributed by atoms with Gasteiger partial charge in [-0.05, 0) is 33.1 Å². The van der Waals surface area contributed by atoms with E-state index >= 15 is 0 Å². The van der Waals surface area contributed by atoms with Crippen LogP contribution in [0.15, 0.2) is 12.3 Å². The summed E-state index contributed by atoms with van der Waals surface area (Å²) in [5, 5.41) is -0.293. The van der Waals surface area contributed by atoms with Crippen molar-refractivity contribution in [3.8, 4) is 0 Å². The van der Waals surface area contributed by atoms with Crippen molar-refractivity contribution >= 4 is 9.84 Å². The zero-order valence-electron chi connectivity index (χ0n) is 9.49. The van der Waals surface area contributed by atoms with E-state index in [0.717, 1.165) is 38.0 Å². The molecule has 86 valence electrons. The van der Waals surface area contributed by atoms with Crippen LogP contribution in [-0.4, -0.2) is 36.4 Å². The number of nitrogens with zero attached hydrogens (tertiary/aromatic N) is 1. The zero-order chi connectivity index (χ0) is 11.3. The first-order valence-corrected chi connectivity index (χ1v) is 7.14. The standard InChI is InChI=1S/C11H19NO2S/c1-9(2)15(13,14)11(5-6-11)10(3)12-7-4-8-12/h9H,3-8H2,1-2H3. The van der Waals surface area contributed by atoms with Gasteiger partial charge in [-0.25, -0.2) is 8.42 Å². The molecular formula is C11H19NO2S. The van der Waals surface area contributed by atoms with Crippen molar-refractivity contribution in [3.63, 3.8) is 0 Å². The van der Waals surface area contributed by atoms with Gasteiger partial charge in [-0.2, -0.15) is 0 Å². The van der Waals surface area contributed by atoms with Gasteiger partial charge in [0.15, 0.2) is 9.84 Å². The molecule has 2 fully saturated rings. The smallest absolute Gasteiger partial charge is 0.163 e. The lowest BCUT2D eigenvalue weighted by atomic mass is 10.1. The van der Waals surface area contributed by atoms with E-state index in [1.165, 1.54) is 0 Å². The molecule has 0 aromatic rings. The van der Waals surface area contributed by atoms with E-state index in [1.807, 2.05) is 0 Å². The van der Waals surface area contributed by atoms with Crippen LogP contribution in [0.4, 0.5) is 0 Å². The van der Waals surface area contributed by atoms with Crippen LogP contribution in [0.5, 0.6) is 0 Å². The summed E-state index contributed by atoms with van der Waals surface area (Å²) in [7, 11) is -3.03. The number of likely N-dealkylation sites (tertiary alicyclic amines) is 1. The van der Waals surface area contributed by atoms with Crippen molar-refractivity contribution in [2.45, 2.75) is 43.1 Å². The number of hydrogen-bond donors (Lipinski definition) is 0. The first-order valence-electron chi connectivity index (χ1n) is 5.59. The SMILES string of the molecule is C=C(N1CCC1)C1(S(=O)(=O)C(C)C)CC1. The lowest BCUT2D eigenvalue weighted by Crippen LogP contribution is -2.44. The molecule has 15 heavy (non-hydrogen) atoms. The molecule has 4 heteroatoms. The van der Waals surface area contributed by atoms with Gasteiger partial charge < -0.3 is 4.90 Å². The molecule has 1 heterocycles. The molecule has 0 aromatic heterocycles. The van der Waals surface area contributed by atoms with Crippen molar-refractivity contribution in [1.29, 1.82) is 0 Å². The summed E-state index contributed by atoms with van der Waals surface area (Å²) >= 11 is 0. The van der Waals surface area contributed by atoms with Crippen LogP contribution in [-0.2, 0) is 9.84 Å². The van der Waals surface area contributed by atoms with Crippen molar-refractivity contribution < 1.29 is 8.42 Å². The van der Waals surface area contributed by atoms with E-state index < -0.39 is 14.6 Å². The van der Waals surface area contributed by atoms with Crippen molar-refractivity contribution in [3.05, 3.63) is 12.3 Å². The average Bonchev–Trinajstić information content (AvgIpc) is 2.79. The third kappa shape index (κ3) is 1.41. The Kier molecular flexibility index (Phi) is 2.37. The normalized spacial score (nSPS) is 23.8. The van der Waals surface area contributed by atoms with Gasteiger partial charge in [-0.3, -0.25) is 0 Å². The summed E-state index contributed by atoms with van der Waals surface area (Å²) in [4.78, 5) is 2.12. The van der Waals surface area contributed by atoms with Gasteiger partial charge in [0.2, 0.25) is 0 Å². The minimum atomic E-state index is -3.03. The predicted octanol–water partition coefficient (Wildman–Crippen LogP) is 1.56. The highest BCUT2D eigenvalue weighted by molar-refractivity contribution is 7.93. The van der Waals surface area contributed by atoms with Crippen molar-refractivity contribution in [2.24, 2.45) is 0 Å². The van der Waals surface area contributed by atoms with Gasteiger partial charge in [0.1, 0.15) is 4.75 Å². The number of sulfone groups is 1. The average molecular weight is 229 g/mol. The summed E-state index contributed by atoms with van der Waals surface area (Å²) in [6.45, 7) is 9.49. The van der Waals surface area contributed by atoms with E-state index in [0.29, 0.717) is 0 Å². The van der Waals surface area contributed by atoms with Crippen molar-refractivity contribution in [2.75, 3.05) is 13.1 Å². The Labute approximate surface area is 92.1 Å². The van der Waals surface area contributed by atoms with E-state index in [2.05, 4.69) is 11.5 Å². The molecule has 0 spiro atoms. The fourth-order valence-electron chi connectivity index (χ4n) is 2.18. The fourth-order valence-corrected chi connectivity index (χ4v) is 4.21. The highest BCUT2D eigenvalue weighted by atomic mass is 32.2. The van der Waals surface area contributed by atoms with Crippen LogP contribution in [0, 0.1) is 0 Å². The second kappa shape index (κ2) is 3.24. The molecule has 0 unspecified atom stereocenters. The van der Waals surface area contributed by atoms with E-state index in [-0.39, 0.29) is 5.25 Å². The minimum Gasteiger partial charge on any atom is -0.374 e. The van der Waals surface area contributed by atoms with Crippen LogP contribution >= 0.6 is 0 Å². The summed E-state index contributed by atoms with van der Waals surface area (Å²) < 4.78 is 23.8. The molecule has 1 saturated heterocycles. The maximum absolute atomic E-state index is 12.2. The second-order valence-corrected chi connectivity index (χ2v) is 7.69. The Morgan fingerprint density at radius 3 is 2.13 bits per heavy atom. The van der Waals surface area contributed by atoms with Crippen LogP contribution in [0.2, 0.25) is 0 Å². The molecule has 0 N–H and O–H groups in total. The largest absolute Gasteiger partial charge is 0.374 e. The molecule has 2 aliphatic rings. The van der Waals surface area contributed by atoms with E-state index in [1.54, 1.807) is 13.8 Å². The number of hydrogen-bond acceptors (Lipinski definition) is 3. The second-order valence-electron chi connectivity index (χ2n) is 4.88. The molecule has 0 aromatic carbocycles. The first kappa shape index (κ1) is 11.0. The Hall–Kier alpha value is -0.510. The Balaban J connectivity index is 2.23. The van der Waals surface area contributed by atoms with Crippen LogP contribution in [0.25, 0.3) is 0 Å². The minimum absolute atomic E-state index is 0.293. The summed E-state index contributed by atoms with van der Waals surface area (Å²) in [6, 6.07) is 0. The third-order valence-corrected chi connectivity index (χ3v) is 6.61. The predicted molar refractivity (Wildman–Crippen MR) is 61.4 cm³/mol. The third-order valence-electron chi connectivity index (χ3n) is 3.63. The summed E-state index contributed by atoms with van der Waals surface area (Å²) in [5.74, 6) is 0. The maximum Gasteiger partial charge on any atom is 0.163 e. The van der Waals surface area contributed by atoms with Gasteiger partial charge >= 0.3 is 0 Å². The lowest BCUT2D eigenvalue weighted by Gasteiger charge is -2.38. The van der Waals surface area contributed by atoms with Gasteiger partial charge in [0, 0.05) is 18.8 Å². The topological polar surface area (TPSA) is 37.4 Å².